The second kappa shape index (κ2) is 6.67. The van der Waals surface area contributed by atoms with Crippen molar-refractivity contribution in [1.29, 1.82) is 0 Å². The maximum atomic E-state index is 11.9. The number of carbonyl (C=O) groups is 1. The molecule has 114 valence electrons. The van der Waals surface area contributed by atoms with Crippen LogP contribution in [0.3, 0.4) is 0 Å². The number of thiazole rings is 1. The van der Waals surface area contributed by atoms with Crippen LogP contribution in [0.15, 0.2) is 42.1 Å². The minimum atomic E-state index is -0.291. The fourth-order valence-electron chi connectivity index (χ4n) is 2.30. The quantitative estimate of drug-likeness (QED) is 0.755. The molecule has 3 N–H and O–H groups in total. The summed E-state index contributed by atoms with van der Waals surface area (Å²) in [7, 11) is 0. The molecule has 3 rings (SSSR count). The highest BCUT2D eigenvalue weighted by atomic mass is 32.1. The Morgan fingerprint density at radius 1 is 1.45 bits per heavy atom. The summed E-state index contributed by atoms with van der Waals surface area (Å²) in [6.45, 7) is 0.108. The molecule has 0 spiro atoms. The van der Waals surface area contributed by atoms with E-state index in [2.05, 4.69) is 20.6 Å². The van der Waals surface area contributed by atoms with Gasteiger partial charge in [-0.05, 0) is 18.6 Å². The van der Waals surface area contributed by atoms with Crippen molar-refractivity contribution >= 4 is 22.5 Å². The number of rotatable bonds is 4. The van der Waals surface area contributed by atoms with Gasteiger partial charge in [-0.1, -0.05) is 12.2 Å². The van der Waals surface area contributed by atoms with Crippen molar-refractivity contribution in [1.82, 2.24) is 15.3 Å². The van der Waals surface area contributed by atoms with Crippen LogP contribution in [-0.4, -0.2) is 33.8 Å². The lowest BCUT2D eigenvalue weighted by atomic mass is 10.1. The first kappa shape index (κ1) is 14.7. The molecule has 22 heavy (non-hydrogen) atoms. The Hall–Kier alpha value is -2.25. The smallest absolute Gasteiger partial charge is 0.321 e. The van der Waals surface area contributed by atoms with Gasteiger partial charge in [0, 0.05) is 41.9 Å². The van der Waals surface area contributed by atoms with Crippen LogP contribution in [0.2, 0.25) is 0 Å². The Morgan fingerprint density at radius 3 is 3.09 bits per heavy atom. The molecule has 2 amide bonds. The van der Waals surface area contributed by atoms with Crippen LogP contribution in [0, 0.1) is 5.92 Å². The number of urea groups is 1. The first-order chi connectivity index (χ1) is 10.7. The average Bonchev–Trinajstić information content (AvgIpc) is 3.17. The zero-order valence-electron chi connectivity index (χ0n) is 11.8. The van der Waals surface area contributed by atoms with Crippen LogP contribution in [0.1, 0.15) is 6.42 Å². The molecule has 0 aliphatic heterocycles. The molecule has 0 aromatic carbocycles. The Balaban J connectivity index is 1.56. The fraction of sp³-hybridized carbons (Fsp3) is 0.267. The zero-order valence-corrected chi connectivity index (χ0v) is 12.6. The second-order valence-electron chi connectivity index (χ2n) is 5.05. The van der Waals surface area contributed by atoms with Gasteiger partial charge in [0.25, 0.3) is 0 Å². The lowest BCUT2D eigenvalue weighted by molar-refractivity contribution is 0.238. The number of amides is 2. The molecule has 0 fully saturated rings. The van der Waals surface area contributed by atoms with Gasteiger partial charge < -0.3 is 10.4 Å². The summed E-state index contributed by atoms with van der Waals surface area (Å²) in [5, 5.41) is 17.1. The highest BCUT2D eigenvalue weighted by Crippen LogP contribution is 2.24. The van der Waals surface area contributed by atoms with E-state index in [1.807, 2.05) is 29.7 Å². The number of aromatic nitrogens is 2. The normalized spacial score (nSPS) is 20.0. The van der Waals surface area contributed by atoms with Crippen LogP contribution in [0.4, 0.5) is 9.93 Å². The predicted molar refractivity (Wildman–Crippen MR) is 85.6 cm³/mol. The van der Waals surface area contributed by atoms with Gasteiger partial charge in [-0.25, -0.2) is 9.78 Å². The van der Waals surface area contributed by atoms with Gasteiger partial charge in [0.15, 0.2) is 5.13 Å². The van der Waals surface area contributed by atoms with Crippen molar-refractivity contribution < 1.29 is 9.90 Å². The van der Waals surface area contributed by atoms with E-state index in [0.717, 1.165) is 17.7 Å². The molecule has 1 aliphatic rings. The van der Waals surface area contributed by atoms with Crippen molar-refractivity contribution in [2.75, 3.05) is 11.9 Å². The zero-order chi connectivity index (χ0) is 15.4. The van der Waals surface area contributed by atoms with E-state index >= 15 is 0 Å². The average molecular weight is 316 g/mol. The lowest BCUT2D eigenvalue weighted by Gasteiger charge is -2.12. The fourth-order valence-corrected chi connectivity index (χ4v) is 3.01. The monoisotopic (exact) mass is 316 g/mol. The predicted octanol–water partition coefficient (Wildman–Crippen LogP) is 2.26. The van der Waals surface area contributed by atoms with Gasteiger partial charge in [0.2, 0.25) is 0 Å². The van der Waals surface area contributed by atoms with E-state index < -0.39 is 0 Å². The van der Waals surface area contributed by atoms with Crippen molar-refractivity contribution in [3.63, 3.8) is 0 Å². The number of carbonyl (C=O) groups excluding carboxylic acids is 1. The number of nitrogens with zero attached hydrogens (tertiary/aromatic N) is 2. The van der Waals surface area contributed by atoms with Gasteiger partial charge in [-0.2, -0.15) is 0 Å². The third-order valence-electron chi connectivity index (χ3n) is 3.41. The number of anilines is 1. The van der Waals surface area contributed by atoms with Crippen LogP contribution in [0.25, 0.3) is 11.3 Å². The Labute approximate surface area is 131 Å². The molecule has 2 aromatic rings. The largest absolute Gasteiger partial charge is 0.396 e. The molecule has 6 nitrogen and oxygen atoms in total. The minimum Gasteiger partial charge on any atom is -0.396 e. The number of pyridine rings is 1. The molecule has 0 saturated carbocycles. The molecule has 2 aromatic heterocycles. The van der Waals surface area contributed by atoms with E-state index in [0.29, 0.717) is 5.13 Å². The molecule has 1 aliphatic carbocycles. The third kappa shape index (κ3) is 3.49. The summed E-state index contributed by atoms with van der Waals surface area (Å²) in [5.41, 5.74) is 1.70. The van der Waals surface area contributed by atoms with Gasteiger partial charge in [0.05, 0.1) is 5.69 Å². The SMILES string of the molecule is O=C(Nc1nc(-c2cccnc2)cs1)N[C@@H]1C=C[C@H](CO)C1. The van der Waals surface area contributed by atoms with Gasteiger partial charge in [-0.15, -0.1) is 11.3 Å². The van der Waals surface area contributed by atoms with Gasteiger partial charge >= 0.3 is 6.03 Å². The number of hydrogen-bond donors (Lipinski definition) is 3. The summed E-state index contributed by atoms with van der Waals surface area (Å²) in [6.07, 6.45) is 8.00. The topological polar surface area (TPSA) is 87.1 Å². The standard InChI is InChI=1S/C15H16N4O2S/c20-8-10-3-4-12(6-10)17-14(21)19-15-18-13(9-22-15)11-2-1-5-16-7-11/h1-5,7,9-10,12,20H,6,8H2,(H2,17,18,19,21)/t10-,12+/m0/s1. The lowest BCUT2D eigenvalue weighted by Crippen LogP contribution is -2.36. The highest BCUT2D eigenvalue weighted by molar-refractivity contribution is 7.14. The number of hydrogen-bond acceptors (Lipinski definition) is 5. The van der Waals surface area contributed by atoms with E-state index in [4.69, 9.17) is 5.11 Å². The van der Waals surface area contributed by atoms with Gasteiger partial charge in [-0.3, -0.25) is 10.3 Å². The van der Waals surface area contributed by atoms with E-state index in [1.165, 1.54) is 11.3 Å². The first-order valence-electron chi connectivity index (χ1n) is 6.97. The van der Waals surface area contributed by atoms with Gasteiger partial charge in [0.1, 0.15) is 0 Å². The van der Waals surface area contributed by atoms with E-state index in [-0.39, 0.29) is 24.6 Å². The second-order valence-corrected chi connectivity index (χ2v) is 5.91. The van der Waals surface area contributed by atoms with Crippen LogP contribution >= 0.6 is 11.3 Å². The summed E-state index contributed by atoms with van der Waals surface area (Å²) in [6, 6.07) is 3.43. The first-order valence-corrected chi connectivity index (χ1v) is 7.85. The van der Waals surface area contributed by atoms with Crippen molar-refractivity contribution in [2.45, 2.75) is 12.5 Å². The maximum absolute atomic E-state index is 11.9. The number of nitrogens with one attached hydrogen (secondary N) is 2. The van der Waals surface area contributed by atoms with Crippen LogP contribution in [0.5, 0.6) is 0 Å². The molecule has 0 bridgehead atoms. The van der Waals surface area contributed by atoms with Crippen molar-refractivity contribution in [3.05, 3.63) is 42.1 Å². The Morgan fingerprint density at radius 2 is 2.36 bits per heavy atom. The molecule has 0 unspecified atom stereocenters. The Bertz CT molecular complexity index is 671. The number of aliphatic hydroxyl groups excluding tert-OH is 1. The third-order valence-corrected chi connectivity index (χ3v) is 4.16. The maximum Gasteiger partial charge on any atom is 0.321 e. The molecule has 7 heteroatoms. The van der Waals surface area contributed by atoms with Crippen LogP contribution < -0.4 is 10.6 Å². The van der Waals surface area contributed by atoms with E-state index in [9.17, 15) is 4.79 Å². The van der Waals surface area contributed by atoms with E-state index in [1.54, 1.807) is 12.4 Å². The summed E-state index contributed by atoms with van der Waals surface area (Å²) in [4.78, 5) is 20.4. The number of aliphatic hydroxyl groups is 1. The van der Waals surface area contributed by atoms with Crippen LogP contribution in [-0.2, 0) is 0 Å². The van der Waals surface area contributed by atoms with Crippen molar-refractivity contribution in [2.24, 2.45) is 5.92 Å². The molecular formula is C15H16N4O2S. The molecular weight excluding hydrogens is 300 g/mol. The summed E-state index contributed by atoms with van der Waals surface area (Å²) in [5.74, 6) is 0.127. The minimum absolute atomic E-state index is 0.0464. The Kier molecular flexibility index (Phi) is 4.45. The molecule has 2 atom stereocenters. The molecule has 0 radical (unpaired) electrons. The van der Waals surface area contributed by atoms with Crippen molar-refractivity contribution in [3.8, 4) is 11.3 Å². The highest BCUT2D eigenvalue weighted by Gasteiger charge is 2.20. The molecule has 2 heterocycles. The summed E-state index contributed by atoms with van der Waals surface area (Å²) < 4.78 is 0. The molecule has 0 saturated heterocycles. The summed E-state index contributed by atoms with van der Waals surface area (Å²) >= 11 is 1.37.